The summed E-state index contributed by atoms with van der Waals surface area (Å²) >= 11 is 21.0. The van der Waals surface area contributed by atoms with Crippen LogP contribution in [0.5, 0.6) is 0 Å². The lowest BCUT2D eigenvalue weighted by Gasteiger charge is -1.99. The summed E-state index contributed by atoms with van der Waals surface area (Å²) in [7, 11) is 0. The highest BCUT2D eigenvalue weighted by Gasteiger charge is 2.12. The normalized spacial score (nSPS) is 11.2. The lowest BCUT2D eigenvalue weighted by molar-refractivity contribution is 0.906. The molecule has 1 heterocycles. The van der Waals surface area contributed by atoms with Gasteiger partial charge in [0.15, 0.2) is 4.32 Å². The van der Waals surface area contributed by atoms with Gasteiger partial charge in [0.1, 0.15) is 11.4 Å². The van der Waals surface area contributed by atoms with E-state index in [0.29, 0.717) is 31.4 Å². The first-order valence-corrected chi connectivity index (χ1v) is 7.17. The number of nitrogens with zero attached hydrogens (tertiary/aromatic N) is 4. The zero-order chi connectivity index (χ0) is 14.9. The molecule has 2 rings (SSSR count). The minimum Gasteiger partial charge on any atom is -0.218 e. The van der Waals surface area contributed by atoms with Gasteiger partial charge >= 0.3 is 0 Å². The Balaban J connectivity index is 2.39. The molecule has 0 radical (unpaired) electrons. The van der Waals surface area contributed by atoms with Crippen LogP contribution < -0.4 is 0 Å². The second-order valence-electron chi connectivity index (χ2n) is 4.01. The van der Waals surface area contributed by atoms with Gasteiger partial charge in [-0.3, -0.25) is 0 Å². The maximum Gasteiger partial charge on any atom is 0.158 e. The number of thiol groups is 1. The Morgan fingerprint density at radius 1 is 1.30 bits per heavy atom. The van der Waals surface area contributed by atoms with Crippen molar-refractivity contribution in [3.8, 4) is 0 Å². The lowest BCUT2D eigenvalue weighted by Crippen LogP contribution is -2.05. The Morgan fingerprint density at radius 3 is 2.55 bits per heavy atom. The molecule has 2 aromatic rings. The molecule has 0 aliphatic carbocycles. The second kappa shape index (κ2) is 6.22. The third-order valence-corrected chi connectivity index (χ3v) is 3.50. The van der Waals surface area contributed by atoms with Crippen molar-refractivity contribution in [2.75, 3.05) is 0 Å². The third kappa shape index (κ3) is 3.20. The van der Waals surface area contributed by atoms with E-state index >= 15 is 0 Å². The van der Waals surface area contributed by atoms with Gasteiger partial charge in [-0.05, 0) is 32.0 Å². The number of aryl methyl sites for hydroxylation is 1. The van der Waals surface area contributed by atoms with E-state index < -0.39 is 0 Å². The first-order chi connectivity index (χ1) is 9.40. The summed E-state index contributed by atoms with van der Waals surface area (Å²) in [5.74, 6) is 0. The van der Waals surface area contributed by atoms with Crippen LogP contribution in [0, 0.1) is 13.8 Å². The van der Waals surface area contributed by atoms with E-state index in [2.05, 4.69) is 28.0 Å². The standard InChI is InChI=1S/C12H10Cl2N4S2/c1-6-11(7(2)18(17-6)12(19)20)16-15-10-4-3-8(13)5-9(10)14/h3-5H,1-2H3,(H,19,20). The summed E-state index contributed by atoms with van der Waals surface area (Å²) in [6.45, 7) is 3.67. The van der Waals surface area contributed by atoms with Crippen LogP contribution in [0.15, 0.2) is 28.4 Å². The second-order valence-corrected chi connectivity index (χ2v) is 5.97. The summed E-state index contributed by atoms with van der Waals surface area (Å²) in [5.41, 5.74) is 2.67. The molecule has 1 aromatic carbocycles. The lowest BCUT2D eigenvalue weighted by atomic mass is 10.3. The topological polar surface area (TPSA) is 42.5 Å². The predicted octanol–water partition coefficient (Wildman–Crippen LogP) is 5.28. The van der Waals surface area contributed by atoms with Gasteiger partial charge in [0.05, 0.1) is 16.4 Å². The van der Waals surface area contributed by atoms with Crippen molar-refractivity contribution in [3.63, 3.8) is 0 Å². The highest BCUT2D eigenvalue weighted by molar-refractivity contribution is 8.11. The Kier molecular flexibility index (Phi) is 4.80. The molecule has 8 heteroatoms. The molecule has 0 spiro atoms. The summed E-state index contributed by atoms with van der Waals surface area (Å²) in [6, 6.07) is 5.02. The number of halogens is 2. The Labute approximate surface area is 137 Å². The van der Waals surface area contributed by atoms with Crippen LogP contribution in [0.4, 0.5) is 11.4 Å². The largest absolute Gasteiger partial charge is 0.218 e. The average Bonchev–Trinajstić information content (AvgIpc) is 2.65. The summed E-state index contributed by atoms with van der Waals surface area (Å²) in [4.78, 5) is 0. The molecule has 1 aromatic heterocycles. The molecular weight excluding hydrogens is 335 g/mol. The first kappa shape index (κ1) is 15.4. The number of azo groups is 1. The van der Waals surface area contributed by atoms with Crippen molar-refractivity contribution in [2.24, 2.45) is 10.2 Å². The first-order valence-electron chi connectivity index (χ1n) is 5.56. The van der Waals surface area contributed by atoms with E-state index in [4.69, 9.17) is 35.4 Å². The van der Waals surface area contributed by atoms with E-state index in [1.807, 2.05) is 13.8 Å². The number of benzene rings is 1. The molecular formula is C12H10Cl2N4S2. The zero-order valence-electron chi connectivity index (χ0n) is 10.6. The fourth-order valence-corrected chi connectivity index (χ4v) is 2.45. The number of rotatable bonds is 2. The highest BCUT2D eigenvalue weighted by Crippen LogP contribution is 2.31. The van der Waals surface area contributed by atoms with Crippen LogP contribution in [0.1, 0.15) is 11.4 Å². The van der Waals surface area contributed by atoms with Gasteiger partial charge < -0.3 is 0 Å². The minimum absolute atomic E-state index is 0.358. The molecule has 0 saturated carbocycles. The third-order valence-electron chi connectivity index (χ3n) is 2.60. The monoisotopic (exact) mass is 344 g/mol. The van der Waals surface area contributed by atoms with Crippen molar-refractivity contribution in [2.45, 2.75) is 13.8 Å². The molecule has 104 valence electrons. The van der Waals surface area contributed by atoms with Gasteiger partial charge in [-0.15, -0.1) is 22.9 Å². The predicted molar refractivity (Wildman–Crippen MR) is 89.3 cm³/mol. The quantitative estimate of drug-likeness (QED) is 0.457. The maximum atomic E-state index is 6.04. The molecule has 0 N–H and O–H groups in total. The van der Waals surface area contributed by atoms with Gasteiger partial charge in [-0.25, -0.2) is 4.68 Å². The van der Waals surface area contributed by atoms with Crippen LogP contribution in [-0.2, 0) is 0 Å². The van der Waals surface area contributed by atoms with Gasteiger partial charge in [-0.1, -0.05) is 35.4 Å². The number of hydrogen-bond acceptors (Lipinski definition) is 4. The number of aromatic nitrogens is 2. The summed E-state index contributed by atoms with van der Waals surface area (Å²) in [5, 5.41) is 13.6. The Bertz CT molecular complexity index is 710. The zero-order valence-corrected chi connectivity index (χ0v) is 13.9. The summed E-state index contributed by atoms with van der Waals surface area (Å²) < 4.78 is 1.89. The van der Waals surface area contributed by atoms with E-state index in [-0.39, 0.29) is 0 Å². The fourth-order valence-electron chi connectivity index (χ4n) is 1.63. The number of thiocarbonyl (C=S) groups is 1. The van der Waals surface area contributed by atoms with Gasteiger partial charge in [0.25, 0.3) is 0 Å². The summed E-state index contributed by atoms with van der Waals surface area (Å²) in [6.07, 6.45) is 0. The molecule has 0 aliphatic rings. The van der Waals surface area contributed by atoms with Crippen LogP contribution in [0.3, 0.4) is 0 Å². The van der Waals surface area contributed by atoms with E-state index in [0.717, 1.165) is 5.69 Å². The molecule has 0 atom stereocenters. The highest BCUT2D eigenvalue weighted by atomic mass is 35.5. The smallest absolute Gasteiger partial charge is 0.158 e. The molecule has 0 saturated heterocycles. The molecule has 20 heavy (non-hydrogen) atoms. The minimum atomic E-state index is 0.358. The van der Waals surface area contributed by atoms with Crippen LogP contribution in [-0.4, -0.2) is 14.1 Å². The van der Waals surface area contributed by atoms with Crippen molar-refractivity contribution >= 4 is 63.7 Å². The molecule has 0 amide bonds. The molecule has 0 aliphatic heterocycles. The Hall–Kier alpha value is -0.950. The van der Waals surface area contributed by atoms with Crippen LogP contribution >= 0.6 is 48.0 Å². The van der Waals surface area contributed by atoms with Gasteiger partial charge in [-0.2, -0.15) is 5.10 Å². The molecule has 0 unspecified atom stereocenters. The molecule has 0 fully saturated rings. The van der Waals surface area contributed by atoms with Gasteiger partial charge in [0.2, 0.25) is 0 Å². The van der Waals surface area contributed by atoms with E-state index in [9.17, 15) is 0 Å². The van der Waals surface area contributed by atoms with E-state index in [1.54, 1.807) is 18.2 Å². The Morgan fingerprint density at radius 2 is 2.00 bits per heavy atom. The average molecular weight is 345 g/mol. The maximum absolute atomic E-state index is 6.04. The van der Waals surface area contributed by atoms with Crippen LogP contribution in [0.25, 0.3) is 0 Å². The van der Waals surface area contributed by atoms with Crippen molar-refractivity contribution in [1.29, 1.82) is 0 Å². The van der Waals surface area contributed by atoms with Crippen LogP contribution in [0.2, 0.25) is 10.0 Å². The fraction of sp³-hybridized carbons (Fsp3) is 0.167. The number of hydrogen-bond donors (Lipinski definition) is 1. The van der Waals surface area contributed by atoms with Crippen molar-refractivity contribution < 1.29 is 0 Å². The SMILES string of the molecule is Cc1nn(C(=S)S)c(C)c1N=Nc1ccc(Cl)cc1Cl. The van der Waals surface area contributed by atoms with E-state index in [1.165, 1.54) is 4.68 Å². The van der Waals surface area contributed by atoms with Gasteiger partial charge in [0, 0.05) is 5.02 Å². The molecule has 4 nitrogen and oxygen atoms in total. The van der Waals surface area contributed by atoms with Crippen molar-refractivity contribution in [3.05, 3.63) is 39.6 Å². The molecule has 0 bridgehead atoms. The van der Waals surface area contributed by atoms with Crippen molar-refractivity contribution in [1.82, 2.24) is 9.78 Å².